The molecule has 8 nitrogen and oxygen atoms in total. The molecule has 3 rings (SSSR count). The standard InChI is InChI=1S/C24H28N4O4S2/c1-27(34(31)23-13-12-22(33-23)18-6-4-3-5-7-18)15-19(25)16-28(26)21(24(30)32-2)14-17-8-10-20(29)11-9-17/h3-13,16,21,29H,14-15,25-26H2,1-2H3/b19-16-/t21-,34?/m0/s1. The highest BCUT2D eigenvalue weighted by Crippen LogP contribution is 2.31. The van der Waals surface area contributed by atoms with Crippen molar-refractivity contribution in [2.45, 2.75) is 16.7 Å². The van der Waals surface area contributed by atoms with E-state index in [2.05, 4.69) is 0 Å². The number of thiophene rings is 1. The molecule has 0 radical (unpaired) electrons. The first kappa shape index (κ1) is 25.6. The van der Waals surface area contributed by atoms with Gasteiger partial charge in [0, 0.05) is 36.3 Å². The van der Waals surface area contributed by atoms with Gasteiger partial charge < -0.3 is 25.1 Å². The maximum absolute atomic E-state index is 13.0. The van der Waals surface area contributed by atoms with Crippen LogP contribution in [0, 0.1) is 0 Å². The number of phenolic OH excluding ortho intramolecular Hbond substituents is 1. The predicted octanol–water partition coefficient (Wildman–Crippen LogP) is 2.84. The van der Waals surface area contributed by atoms with Crippen LogP contribution in [-0.4, -0.2) is 51.7 Å². The van der Waals surface area contributed by atoms with Crippen molar-refractivity contribution in [1.29, 1.82) is 0 Å². The molecule has 10 heteroatoms. The third-order valence-electron chi connectivity index (χ3n) is 5.01. The van der Waals surface area contributed by atoms with Gasteiger partial charge in [0.25, 0.3) is 0 Å². The minimum Gasteiger partial charge on any atom is -0.592 e. The second kappa shape index (κ2) is 11.9. The number of benzene rings is 2. The number of hydrogen-bond donors (Lipinski definition) is 3. The van der Waals surface area contributed by atoms with Crippen LogP contribution in [0.4, 0.5) is 0 Å². The second-order valence-electron chi connectivity index (χ2n) is 7.58. The second-order valence-corrected chi connectivity index (χ2v) is 10.5. The molecule has 34 heavy (non-hydrogen) atoms. The Morgan fingerprint density at radius 1 is 1.18 bits per heavy atom. The number of carbonyl (C=O) groups is 1. The van der Waals surface area contributed by atoms with Crippen LogP contribution in [0.5, 0.6) is 5.75 Å². The quantitative estimate of drug-likeness (QED) is 0.168. The molecule has 0 saturated carbocycles. The molecule has 1 unspecified atom stereocenters. The van der Waals surface area contributed by atoms with E-state index in [9.17, 15) is 14.5 Å². The molecule has 0 aliphatic carbocycles. The number of nitrogens with zero attached hydrogens (tertiary/aromatic N) is 2. The van der Waals surface area contributed by atoms with Gasteiger partial charge in [0.2, 0.25) is 4.21 Å². The number of rotatable bonds is 10. The van der Waals surface area contributed by atoms with Crippen LogP contribution in [0.3, 0.4) is 0 Å². The fraction of sp³-hybridized carbons (Fsp3) is 0.208. The van der Waals surface area contributed by atoms with Crippen molar-refractivity contribution in [3.63, 3.8) is 0 Å². The monoisotopic (exact) mass is 500 g/mol. The summed E-state index contributed by atoms with van der Waals surface area (Å²) >= 11 is 0.0462. The molecule has 1 aromatic heterocycles. The highest BCUT2D eigenvalue weighted by atomic mass is 32.2. The normalized spacial score (nSPS) is 13.5. The molecule has 5 N–H and O–H groups in total. The predicted molar refractivity (Wildman–Crippen MR) is 135 cm³/mol. The molecule has 2 atom stereocenters. The first-order valence-electron chi connectivity index (χ1n) is 10.4. The van der Waals surface area contributed by atoms with Crippen molar-refractivity contribution in [3.8, 4) is 16.2 Å². The zero-order valence-corrected chi connectivity index (χ0v) is 20.6. The number of hydrogen-bond acceptors (Lipinski definition) is 9. The fourth-order valence-corrected chi connectivity index (χ4v) is 5.70. The number of ether oxygens (including phenoxy) is 1. The molecule has 0 spiro atoms. The van der Waals surface area contributed by atoms with E-state index in [0.717, 1.165) is 16.0 Å². The Balaban J connectivity index is 1.66. The lowest BCUT2D eigenvalue weighted by molar-refractivity contribution is -0.146. The van der Waals surface area contributed by atoms with Gasteiger partial charge in [0.05, 0.1) is 25.0 Å². The van der Waals surface area contributed by atoms with E-state index in [1.807, 2.05) is 42.5 Å². The van der Waals surface area contributed by atoms with Crippen LogP contribution in [0.1, 0.15) is 5.56 Å². The molecule has 0 bridgehead atoms. The molecule has 2 aromatic carbocycles. The molecular formula is C24H28N4O4S2. The van der Waals surface area contributed by atoms with E-state index in [-0.39, 0.29) is 18.7 Å². The average molecular weight is 501 g/mol. The zero-order valence-electron chi connectivity index (χ0n) is 19.0. The van der Waals surface area contributed by atoms with Gasteiger partial charge in [0.15, 0.2) is 0 Å². The largest absolute Gasteiger partial charge is 0.592 e. The summed E-state index contributed by atoms with van der Waals surface area (Å²) in [6.07, 6.45) is 1.70. The molecule has 1 heterocycles. The van der Waals surface area contributed by atoms with Crippen molar-refractivity contribution in [2.24, 2.45) is 11.6 Å². The highest BCUT2D eigenvalue weighted by Gasteiger charge is 2.25. The Morgan fingerprint density at radius 2 is 1.85 bits per heavy atom. The summed E-state index contributed by atoms with van der Waals surface area (Å²) in [6.45, 7) is 0.173. The molecule has 0 aliphatic rings. The van der Waals surface area contributed by atoms with Gasteiger partial charge in [-0.3, -0.25) is 0 Å². The van der Waals surface area contributed by atoms with Crippen LogP contribution < -0.4 is 11.6 Å². The number of likely N-dealkylation sites (N-methyl/N-ethyl adjacent to an activating group) is 1. The molecule has 0 saturated heterocycles. The number of carbonyl (C=O) groups excluding carboxylic acids is 1. The van der Waals surface area contributed by atoms with Crippen molar-refractivity contribution < 1.29 is 19.2 Å². The third kappa shape index (κ3) is 6.75. The summed E-state index contributed by atoms with van der Waals surface area (Å²) in [5.74, 6) is 5.74. The number of esters is 1. The van der Waals surface area contributed by atoms with Crippen LogP contribution in [0.2, 0.25) is 0 Å². The minimum absolute atomic E-state index is 0.129. The number of phenols is 1. The van der Waals surface area contributed by atoms with Crippen molar-refractivity contribution >= 4 is 28.7 Å². The van der Waals surface area contributed by atoms with Gasteiger partial charge in [-0.25, -0.2) is 10.6 Å². The van der Waals surface area contributed by atoms with E-state index in [0.29, 0.717) is 9.91 Å². The SMILES string of the molecule is COC(=O)[C@H](Cc1ccc(O)cc1)N(N)/C=C(\N)CN(C)[S+]([O-])c1ccc(-c2ccccc2)s1. The van der Waals surface area contributed by atoms with Gasteiger partial charge in [-0.1, -0.05) is 53.8 Å². The minimum atomic E-state index is -1.41. The molecule has 0 aliphatic heterocycles. The summed E-state index contributed by atoms with van der Waals surface area (Å²) in [7, 11) is 2.99. The summed E-state index contributed by atoms with van der Waals surface area (Å²) < 4.78 is 20.2. The Bertz CT molecular complexity index is 1110. The van der Waals surface area contributed by atoms with Gasteiger partial charge in [-0.2, -0.15) is 0 Å². The van der Waals surface area contributed by atoms with Crippen molar-refractivity contribution in [3.05, 3.63) is 84.2 Å². The molecule has 0 amide bonds. The van der Waals surface area contributed by atoms with Crippen LogP contribution in [0.25, 0.3) is 10.4 Å². The van der Waals surface area contributed by atoms with Gasteiger partial charge >= 0.3 is 5.97 Å². The number of nitrogens with two attached hydrogens (primary N) is 2. The number of methoxy groups -OCH3 is 1. The lowest BCUT2D eigenvalue weighted by Gasteiger charge is -2.25. The van der Waals surface area contributed by atoms with Crippen LogP contribution >= 0.6 is 11.3 Å². The topological polar surface area (TPSA) is 128 Å². The smallest absolute Gasteiger partial charge is 0.330 e. The summed E-state index contributed by atoms with van der Waals surface area (Å²) in [5, 5.41) is 10.7. The molecule has 3 aromatic rings. The van der Waals surface area contributed by atoms with Crippen molar-refractivity contribution in [2.75, 3.05) is 20.7 Å². The Labute approximate surface area is 206 Å². The Kier molecular flexibility index (Phi) is 8.97. The molecule has 0 fully saturated rings. The van der Waals surface area contributed by atoms with E-state index >= 15 is 0 Å². The Hall–Kier alpha value is -3.02. The summed E-state index contributed by atoms with van der Waals surface area (Å²) in [4.78, 5) is 13.4. The summed E-state index contributed by atoms with van der Waals surface area (Å²) in [5.41, 5.74) is 8.35. The van der Waals surface area contributed by atoms with Gasteiger partial charge in [0.1, 0.15) is 11.8 Å². The van der Waals surface area contributed by atoms with E-state index < -0.39 is 23.4 Å². The van der Waals surface area contributed by atoms with E-state index in [4.69, 9.17) is 16.3 Å². The number of hydrazine groups is 1. The molecule has 180 valence electrons. The van der Waals surface area contributed by atoms with Gasteiger partial charge in [-0.15, -0.1) is 4.31 Å². The Morgan fingerprint density at radius 3 is 2.50 bits per heavy atom. The van der Waals surface area contributed by atoms with E-state index in [1.54, 1.807) is 23.5 Å². The molecular weight excluding hydrogens is 472 g/mol. The maximum atomic E-state index is 13.0. The number of aromatic hydroxyl groups is 1. The van der Waals surface area contributed by atoms with Crippen LogP contribution in [0.15, 0.2) is 82.8 Å². The highest BCUT2D eigenvalue weighted by molar-refractivity contribution is 7.91. The summed E-state index contributed by atoms with van der Waals surface area (Å²) in [6, 6.07) is 19.3. The average Bonchev–Trinajstić information content (AvgIpc) is 3.33. The lowest BCUT2D eigenvalue weighted by Crippen LogP contribution is -2.45. The maximum Gasteiger partial charge on any atom is 0.330 e. The fourth-order valence-electron chi connectivity index (χ4n) is 3.26. The zero-order chi connectivity index (χ0) is 24.7. The lowest BCUT2D eigenvalue weighted by atomic mass is 10.1. The van der Waals surface area contributed by atoms with E-state index in [1.165, 1.54) is 41.8 Å². The first-order valence-corrected chi connectivity index (χ1v) is 12.3. The van der Waals surface area contributed by atoms with Crippen LogP contribution in [-0.2, 0) is 27.3 Å². The van der Waals surface area contributed by atoms with Crippen molar-refractivity contribution in [1.82, 2.24) is 9.31 Å². The third-order valence-corrected chi connectivity index (χ3v) is 7.80. The van der Waals surface area contributed by atoms with Gasteiger partial charge in [-0.05, 0) is 29.3 Å². The first-order chi connectivity index (χ1) is 16.3.